The Balaban J connectivity index is 2.34. The van der Waals surface area contributed by atoms with Crippen LogP contribution in [0, 0.1) is 0 Å². The fourth-order valence-electron chi connectivity index (χ4n) is 1.83. The Labute approximate surface area is 103 Å². The van der Waals surface area contributed by atoms with Gasteiger partial charge in [0.1, 0.15) is 11.9 Å². The molecule has 0 aromatic heterocycles. The van der Waals surface area contributed by atoms with E-state index >= 15 is 0 Å². The van der Waals surface area contributed by atoms with Crippen molar-refractivity contribution in [2.24, 2.45) is 0 Å². The molecule has 1 aliphatic rings. The van der Waals surface area contributed by atoms with Crippen LogP contribution < -0.4 is 10.5 Å². The second-order valence-electron chi connectivity index (χ2n) is 4.07. The van der Waals surface area contributed by atoms with Gasteiger partial charge >= 0.3 is 6.18 Å². The molecule has 18 heavy (non-hydrogen) atoms. The van der Waals surface area contributed by atoms with Crippen molar-refractivity contribution in [1.29, 1.82) is 0 Å². The molecule has 5 heteroatoms. The van der Waals surface area contributed by atoms with Gasteiger partial charge in [0.2, 0.25) is 0 Å². The maximum absolute atomic E-state index is 12.4. The molecular formula is C13H12F3NO. The summed E-state index contributed by atoms with van der Waals surface area (Å²) >= 11 is 0. The Morgan fingerprint density at radius 1 is 1.39 bits per heavy atom. The molecule has 0 spiro atoms. The van der Waals surface area contributed by atoms with Crippen molar-refractivity contribution >= 4 is 11.8 Å². The number of fused-ring (bicyclic) bond motifs is 1. The molecule has 0 saturated heterocycles. The summed E-state index contributed by atoms with van der Waals surface area (Å²) in [5.74, 6) is 0.370. The van der Waals surface area contributed by atoms with E-state index < -0.39 is 18.7 Å². The number of anilines is 1. The highest BCUT2D eigenvalue weighted by Gasteiger charge is 2.35. The number of ether oxygens (including phenoxy) is 1. The first-order valence-corrected chi connectivity index (χ1v) is 5.36. The van der Waals surface area contributed by atoms with E-state index in [1.165, 1.54) is 12.1 Å². The van der Waals surface area contributed by atoms with E-state index in [4.69, 9.17) is 10.5 Å². The minimum atomic E-state index is -4.29. The predicted molar refractivity (Wildman–Crippen MR) is 64.1 cm³/mol. The van der Waals surface area contributed by atoms with Crippen molar-refractivity contribution in [3.8, 4) is 5.75 Å². The Kier molecular flexibility index (Phi) is 3.07. The van der Waals surface area contributed by atoms with Crippen LogP contribution in [-0.2, 0) is 0 Å². The van der Waals surface area contributed by atoms with E-state index in [1.807, 2.05) is 0 Å². The van der Waals surface area contributed by atoms with Gasteiger partial charge in [-0.1, -0.05) is 12.7 Å². The Morgan fingerprint density at radius 3 is 2.72 bits per heavy atom. The number of halogens is 3. The number of nitrogens with two attached hydrogens (primary N) is 1. The Morgan fingerprint density at radius 2 is 2.11 bits per heavy atom. The number of hydrogen-bond acceptors (Lipinski definition) is 2. The summed E-state index contributed by atoms with van der Waals surface area (Å²) in [6.45, 7) is 3.51. The van der Waals surface area contributed by atoms with E-state index in [1.54, 1.807) is 18.2 Å². The number of benzene rings is 1. The fourth-order valence-corrected chi connectivity index (χ4v) is 1.83. The zero-order valence-corrected chi connectivity index (χ0v) is 9.50. The van der Waals surface area contributed by atoms with Crippen LogP contribution in [0.5, 0.6) is 5.75 Å². The summed E-state index contributed by atoms with van der Waals surface area (Å²) in [5.41, 5.74) is 7.16. The molecule has 0 amide bonds. The van der Waals surface area contributed by atoms with Crippen molar-refractivity contribution in [1.82, 2.24) is 0 Å². The van der Waals surface area contributed by atoms with E-state index in [2.05, 4.69) is 6.58 Å². The van der Waals surface area contributed by atoms with Crippen molar-refractivity contribution < 1.29 is 17.9 Å². The lowest BCUT2D eigenvalue weighted by atomic mass is 9.99. The highest BCUT2D eigenvalue weighted by atomic mass is 19.4. The first-order chi connectivity index (χ1) is 8.39. The highest BCUT2D eigenvalue weighted by Crippen LogP contribution is 2.36. The monoisotopic (exact) mass is 255 g/mol. The van der Waals surface area contributed by atoms with Crippen LogP contribution >= 0.6 is 0 Å². The number of nitrogen functional groups attached to an aromatic ring is 1. The normalized spacial score (nSPS) is 18.6. The van der Waals surface area contributed by atoms with Crippen molar-refractivity contribution in [2.45, 2.75) is 18.7 Å². The standard InChI is InChI=1S/C13H12F3NO/c1-2-8-5-9-3-4-10(17)6-11(9)18-12(8)7-13(14,15)16/h2-6,12H,1,7,17H2. The van der Waals surface area contributed by atoms with E-state index in [0.717, 1.165) is 0 Å². The number of rotatable bonds is 2. The third-order valence-electron chi connectivity index (χ3n) is 2.65. The van der Waals surface area contributed by atoms with Gasteiger partial charge in [-0.25, -0.2) is 0 Å². The summed E-state index contributed by atoms with van der Waals surface area (Å²) in [6.07, 6.45) is -3.36. The Bertz CT molecular complexity index is 505. The summed E-state index contributed by atoms with van der Waals surface area (Å²) in [7, 11) is 0. The van der Waals surface area contributed by atoms with E-state index in [-0.39, 0.29) is 0 Å². The third kappa shape index (κ3) is 2.67. The van der Waals surface area contributed by atoms with E-state index in [9.17, 15) is 13.2 Å². The average Bonchev–Trinajstić information content (AvgIpc) is 2.25. The largest absolute Gasteiger partial charge is 0.485 e. The molecule has 0 fully saturated rings. The molecule has 1 aromatic rings. The van der Waals surface area contributed by atoms with E-state index in [0.29, 0.717) is 22.6 Å². The van der Waals surface area contributed by atoms with Crippen molar-refractivity contribution in [2.75, 3.05) is 5.73 Å². The SMILES string of the molecule is C=CC1=Cc2ccc(N)cc2OC1CC(F)(F)F. The lowest BCUT2D eigenvalue weighted by Crippen LogP contribution is -2.28. The first-order valence-electron chi connectivity index (χ1n) is 5.36. The lowest BCUT2D eigenvalue weighted by Gasteiger charge is -2.26. The smallest absolute Gasteiger partial charge is 0.392 e. The van der Waals surface area contributed by atoms with Gasteiger partial charge in [-0.2, -0.15) is 13.2 Å². The predicted octanol–water partition coefficient (Wildman–Crippen LogP) is 3.55. The van der Waals surface area contributed by atoms with Crippen LogP contribution in [0.4, 0.5) is 18.9 Å². The van der Waals surface area contributed by atoms with Gasteiger partial charge in [-0.15, -0.1) is 0 Å². The number of alkyl halides is 3. The van der Waals surface area contributed by atoms with Gasteiger partial charge in [0.15, 0.2) is 0 Å². The van der Waals surface area contributed by atoms with Gasteiger partial charge < -0.3 is 10.5 Å². The van der Waals surface area contributed by atoms with Gasteiger partial charge in [0.05, 0.1) is 6.42 Å². The third-order valence-corrected chi connectivity index (χ3v) is 2.65. The van der Waals surface area contributed by atoms with Crippen LogP contribution in [0.25, 0.3) is 6.08 Å². The molecule has 1 aromatic carbocycles. The van der Waals surface area contributed by atoms with Crippen LogP contribution in [0.3, 0.4) is 0 Å². The molecule has 2 N–H and O–H groups in total. The van der Waals surface area contributed by atoms with Gasteiger partial charge in [0.25, 0.3) is 0 Å². The average molecular weight is 255 g/mol. The quantitative estimate of drug-likeness (QED) is 0.820. The second kappa shape index (κ2) is 4.40. The van der Waals surface area contributed by atoms with Crippen LogP contribution in [0.15, 0.2) is 36.4 Å². The van der Waals surface area contributed by atoms with Crippen LogP contribution in [-0.4, -0.2) is 12.3 Å². The molecule has 1 unspecified atom stereocenters. The second-order valence-corrected chi connectivity index (χ2v) is 4.07. The minimum Gasteiger partial charge on any atom is -0.485 e. The van der Waals surface area contributed by atoms with Crippen LogP contribution in [0.1, 0.15) is 12.0 Å². The maximum atomic E-state index is 12.4. The zero-order valence-electron chi connectivity index (χ0n) is 9.50. The van der Waals surface area contributed by atoms with Crippen molar-refractivity contribution in [3.63, 3.8) is 0 Å². The van der Waals surface area contributed by atoms with Gasteiger partial charge in [0, 0.05) is 17.3 Å². The molecule has 1 heterocycles. The lowest BCUT2D eigenvalue weighted by molar-refractivity contribution is -0.147. The molecule has 0 saturated carbocycles. The molecular weight excluding hydrogens is 243 g/mol. The highest BCUT2D eigenvalue weighted by molar-refractivity contribution is 5.67. The maximum Gasteiger partial charge on any atom is 0.392 e. The first kappa shape index (κ1) is 12.5. The molecule has 2 nitrogen and oxygen atoms in total. The Hall–Kier alpha value is -1.91. The molecule has 96 valence electrons. The van der Waals surface area contributed by atoms with Crippen LogP contribution in [0.2, 0.25) is 0 Å². The summed E-state index contributed by atoms with van der Waals surface area (Å²) in [4.78, 5) is 0. The van der Waals surface area contributed by atoms with Gasteiger partial charge in [-0.3, -0.25) is 0 Å². The molecule has 0 bridgehead atoms. The molecule has 0 aliphatic carbocycles. The summed E-state index contributed by atoms with van der Waals surface area (Å²) < 4.78 is 42.7. The summed E-state index contributed by atoms with van der Waals surface area (Å²) in [5, 5.41) is 0. The summed E-state index contributed by atoms with van der Waals surface area (Å²) in [6, 6.07) is 4.90. The molecule has 1 atom stereocenters. The molecule has 1 aliphatic heterocycles. The molecule has 2 rings (SSSR count). The topological polar surface area (TPSA) is 35.2 Å². The van der Waals surface area contributed by atoms with Crippen molar-refractivity contribution in [3.05, 3.63) is 42.0 Å². The number of hydrogen-bond donors (Lipinski definition) is 1. The zero-order chi connectivity index (χ0) is 13.3. The molecule has 0 radical (unpaired) electrons. The van der Waals surface area contributed by atoms with Gasteiger partial charge in [-0.05, 0) is 23.8 Å². The fraction of sp³-hybridized carbons (Fsp3) is 0.231. The minimum absolute atomic E-state index is 0.370.